The van der Waals surface area contributed by atoms with Crippen LogP contribution in [0.15, 0.2) is 18.2 Å². The summed E-state index contributed by atoms with van der Waals surface area (Å²) < 4.78 is 0.707. The molecule has 1 aromatic rings. The van der Waals surface area contributed by atoms with Crippen molar-refractivity contribution in [1.82, 2.24) is 5.32 Å². The summed E-state index contributed by atoms with van der Waals surface area (Å²) in [5, 5.41) is 12.6. The molecular weight excluding hydrogens is 294 g/mol. The fourth-order valence-corrected chi connectivity index (χ4v) is 3.48. The van der Waals surface area contributed by atoms with E-state index in [-0.39, 0.29) is 12.5 Å². The summed E-state index contributed by atoms with van der Waals surface area (Å²) in [6, 6.07) is 3.68. The highest BCUT2D eigenvalue weighted by atomic mass is 35.5. The van der Waals surface area contributed by atoms with Crippen molar-refractivity contribution in [3.05, 3.63) is 27.4 Å². The third-order valence-electron chi connectivity index (χ3n) is 3.92. The van der Waals surface area contributed by atoms with Crippen LogP contribution in [0.4, 0.5) is 0 Å². The summed E-state index contributed by atoms with van der Waals surface area (Å²) in [7, 11) is 0. The molecule has 2 N–H and O–H groups in total. The largest absolute Gasteiger partial charge is 0.394 e. The molecule has 0 atom stereocenters. The molecule has 2 rings (SSSR count). The smallest absolute Gasteiger partial charge is 0.244 e. The first-order valence-corrected chi connectivity index (χ1v) is 8.09. The van der Waals surface area contributed by atoms with Crippen molar-refractivity contribution in [3.63, 3.8) is 0 Å². The van der Waals surface area contributed by atoms with Gasteiger partial charge >= 0.3 is 0 Å². The lowest BCUT2D eigenvalue weighted by Gasteiger charge is -2.38. The molecule has 5 heteroatoms. The van der Waals surface area contributed by atoms with E-state index >= 15 is 0 Å². The topological polar surface area (TPSA) is 49.3 Å². The van der Waals surface area contributed by atoms with Gasteiger partial charge in [-0.25, -0.2) is 0 Å². The van der Waals surface area contributed by atoms with E-state index in [0.29, 0.717) is 10.3 Å². The van der Waals surface area contributed by atoms with Crippen molar-refractivity contribution in [1.29, 1.82) is 0 Å². The van der Waals surface area contributed by atoms with Crippen LogP contribution < -0.4 is 5.32 Å². The molecule has 1 heterocycles. The predicted molar refractivity (Wildman–Crippen MR) is 84.0 cm³/mol. The minimum atomic E-state index is -0.443. The maximum atomic E-state index is 12.0. The minimum Gasteiger partial charge on any atom is -0.394 e. The van der Waals surface area contributed by atoms with Gasteiger partial charge in [-0.15, -0.1) is 11.3 Å². The number of aliphatic hydroxyl groups excluding tert-OH is 1. The van der Waals surface area contributed by atoms with Crippen LogP contribution >= 0.6 is 22.9 Å². The molecule has 1 fully saturated rings. The molecule has 1 aliphatic carbocycles. The molecule has 0 radical (unpaired) electrons. The van der Waals surface area contributed by atoms with Gasteiger partial charge in [0.25, 0.3) is 0 Å². The summed E-state index contributed by atoms with van der Waals surface area (Å²) in [6.07, 6.45) is 7.04. The Morgan fingerprint density at radius 3 is 2.80 bits per heavy atom. The molecule has 3 nitrogen and oxygen atoms in total. The van der Waals surface area contributed by atoms with Gasteiger partial charge < -0.3 is 10.4 Å². The number of hydrogen-bond acceptors (Lipinski definition) is 3. The Kier molecular flexibility index (Phi) is 5.24. The van der Waals surface area contributed by atoms with Crippen LogP contribution in [0.3, 0.4) is 0 Å². The standard InChI is InChI=1S/C15H20ClNO2S/c1-11-6-8-15(10-18,9-7-11)17-14(19)5-3-12-2-4-13(16)20-12/h2-5,11,18H,6-10H2,1H3,(H,17,19). The summed E-state index contributed by atoms with van der Waals surface area (Å²) in [5.41, 5.74) is -0.443. The average molecular weight is 314 g/mol. The van der Waals surface area contributed by atoms with E-state index in [4.69, 9.17) is 11.6 Å². The SMILES string of the molecule is CC1CCC(CO)(NC(=O)C=Cc2ccc(Cl)s2)CC1. The summed E-state index contributed by atoms with van der Waals surface area (Å²) in [5.74, 6) is 0.522. The lowest BCUT2D eigenvalue weighted by molar-refractivity contribution is -0.119. The van der Waals surface area contributed by atoms with Crippen LogP contribution in [0.2, 0.25) is 4.34 Å². The molecule has 1 amide bonds. The van der Waals surface area contributed by atoms with Crippen LogP contribution in [-0.4, -0.2) is 23.2 Å². The molecule has 110 valence electrons. The number of nitrogens with one attached hydrogen (secondary N) is 1. The van der Waals surface area contributed by atoms with Gasteiger partial charge in [0.2, 0.25) is 5.91 Å². The Labute approximate surface area is 128 Å². The Hall–Kier alpha value is -0.840. The number of amides is 1. The zero-order chi connectivity index (χ0) is 14.6. The van der Waals surface area contributed by atoms with Gasteiger partial charge in [-0.3, -0.25) is 4.79 Å². The van der Waals surface area contributed by atoms with E-state index < -0.39 is 5.54 Å². The Morgan fingerprint density at radius 1 is 1.55 bits per heavy atom. The molecule has 0 aromatic carbocycles. The highest BCUT2D eigenvalue weighted by Crippen LogP contribution is 2.31. The number of carbonyl (C=O) groups excluding carboxylic acids is 1. The lowest BCUT2D eigenvalue weighted by atomic mass is 9.77. The maximum absolute atomic E-state index is 12.0. The molecule has 0 saturated heterocycles. The minimum absolute atomic E-state index is 0.00410. The Bertz CT molecular complexity index is 490. The van der Waals surface area contributed by atoms with Crippen LogP contribution in [-0.2, 0) is 4.79 Å². The number of rotatable bonds is 4. The average Bonchev–Trinajstić information content (AvgIpc) is 2.85. The van der Waals surface area contributed by atoms with E-state index in [1.165, 1.54) is 17.4 Å². The second-order valence-corrected chi connectivity index (χ2v) is 7.33. The molecule has 1 saturated carbocycles. The molecule has 0 aliphatic heterocycles. The molecule has 0 unspecified atom stereocenters. The second-order valence-electron chi connectivity index (χ2n) is 5.59. The number of thiophene rings is 1. The second kappa shape index (κ2) is 6.74. The first-order valence-electron chi connectivity index (χ1n) is 6.89. The van der Waals surface area contributed by atoms with E-state index in [1.807, 2.05) is 12.1 Å². The van der Waals surface area contributed by atoms with Gasteiger partial charge in [-0.1, -0.05) is 18.5 Å². The third-order valence-corrected chi connectivity index (χ3v) is 5.11. The van der Waals surface area contributed by atoms with Crippen molar-refractivity contribution in [3.8, 4) is 0 Å². The molecule has 1 aromatic heterocycles. The summed E-state index contributed by atoms with van der Waals surface area (Å²) in [6.45, 7) is 2.22. The molecule has 1 aliphatic rings. The van der Waals surface area contributed by atoms with E-state index in [2.05, 4.69) is 12.2 Å². The molecule has 20 heavy (non-hydrogen) atoms. The van der Waals surface area contributed by atoms with Gasteiger partial charge in [-0.05, 0) is 49.8 Å². The zero-order valence-corrected chi connectivity index (χ0v) is 13.1. The number of aliphatic hydroxyl groups is 1. The molecule has 0 spiro atoms. The normalized spacial score (nSPS) is 26.9. The monoisotopic (exact) mass is 313 g/mol. The van der Waals surface area contributed by atoms with Gasteiger partial charge in [0, 0.05) is 11.0 Å². The van der Waals surface area contributed by atoms with Crippen LogP contribution in [0.25, 0.3) is 6.08 Å². The van der Waals surface area contributed by atoms with Crippen LogP contribution in [0, 0.1) is 5.92 Å². The van der Waals surface area contributed by atoms with E-state index in [1.54, 1.807) is 6.08 Å². The van der Waals surface area contributed by atoms with E-state index in [9.17, 15) is 9.90 Å². The fourth-order valence-electron chi connectivity index (χ4n) is 2.52. The molecular formula is C15H20ClNO2S. The number of hydrogen-bond donors (Lipinski definition) is 2. The van der Waals surface area contributed by atoms with Crippen LogP contribution in [0.5, 0.6) is 0 Å². The summed E-state index contributed by atoms with van der Waals surface area (Å²) in [4.78, 5) is 12.9. The fraction of sp³-hybridized carbons (Fsp3) is 0.533. The quantitative estimate of drug-likeness (QED) is 0.836. The van der Waals surface area contributed by atoms with Crippen molar-refractivity contribution in [2.75, 3.05) is 6.61 Å². The maximum Gasteiger partial charge on any atom is 0.244 e. The highest BCUT2D eigenvalue weighted by molar-refractivity contribution is 7.17. The Balaban J connectivity index is 1.94. The van der Waals surface area contributed by atoms with Gasteiger partial charge in [0.15, 0.2) is 0 Å². The zero-order valence-electron chi connectivity index (χ0n) is 11.6. The molecule has 0 bridgehead atoms. The van der Waals surface area contributed by atoms with Crippen molar-refractivity contribution in [2.24, 2.45) is 5.92 Å². The first kappa shape index (κ1) is 15.5. The number of carbonyl (C=O) groups is 1. The Morgan fingerprint density at radius 2 is 2.25 bits per heavy atom. The van der Waals surface area contributed by atoms with Crippen molar-refractivity contribution in [2.45, 2.75) is 38.1 Å². The van der Waals surface area contributed by atoms with Gasteiger partial charge in [0.05, 0.1) is 16.5 Å². The lowest BCUT2D eigenvalue weighted by Crippen LogP contribution is -2.52. The van der Waals surface area contributed by atoms with Gasteiger partial charge in [-0.2, -0.15) is 0 Å². The highest BCUT2D eigenvalue weighted by Gasteiger charge is 2.34. The third kappa shape index (κ3) is 4.08. The predicted octanol–water partition coefficient (Wildman–Crippen LogP) is 3.47. The number of halogens is 1. The first-order chi connectivity index (χ1) is 9.53. The van der Waals surface area contributed by atoms with Gasteiger partial charge in [0.1, 0.15) is 0 Å². The summed E-state index contributed by atoms with van der Waals surface area (Å²) >= 11 is 7.27. The van der Waals surface area contributed by atoms with Crippen LogP contribution in [0.1, 0.15) is 37.5 Å². The van der Waals surface area contributed by atoms with Crippen molar-refractivity contribution < 1.29 is 9.90 Å². The van der Waals surface area contributed by atoms with E-state index in [0.717, 1.165) is 30.6 Å². The van der Waals surface area contributed by atoms with Crippen molar-refractivity contribution >= 4 is 34.9 Å².